The second kappa shape index (κ2) is 5.12. The fraction of sp³-hybridized carbons (Fsp3) is 0.125. The molecule has 3 heteroatoms. The first-order valence-electron chi connectivity index (χ1n) is 3.05. The summed E-state index contributed by atoms with van der Waals surface area (Å²) in [6.07, 6.45) is 0.112. The first-order chi connectivity index (χ1) is 4.79. The highest BCUT2D eigenvalue weighted by Crippen LogP contribution is 1.98. The lowest BCUT2D eigenvalue weighted by Gasteiger charge is -1.92. The molecule has 0 aromatic heterocycles. The number of aliphatic carboxylic acids is 1. The number of carboxylic acids is 1. The summed E-state index contributed by atoms with van der Waals surface area (Å²) in [7, 11) is 0. The molecule has 1 rings (SSSR count). The van der Waals surface area contributed by atoms with Gasteiger partial charge < -0.3 is 5.11 Å². The van der Waals surface area contributed by atoms with E-state index in [0.717, 1.165) is 5.56 Å². The molecule has 0 saturated heterocycles. The maximum atomic E-state index is 10.2. The molecule has 0 aliphatic heterocycles. The van der Waals surface area contributed by atoms with Crippen LogP contribution in [-0.4, -0.2) is 11.1 Å². The Labute approximate surface area is 82.3 Å². The Kier molecular flexibility index (Phi) is 4.85. The summed E-state index contributed by atoms with van der Waals surface area (Å²) in [5, 5.41) is 8.37. The highest BCUT2D eigenvalue weighted by atomic mass is 127. The predicted molar refractivity (Wildman–Crippen MR) is 53.2 cm³/mol. The molecule has 0 aliphatic rings. The van der Waals surface area contributed by atoms with Gasteiger partial charge in [-0.15, -0.1) is 24.0 Å². The lowest BCUT2D eigenvalue weighted by molar-refractivity contribution is -0.136. The lowest BCUT2D eigenvalue weighted by Crippen LogP contribution is -1.98. The Morgan fingerprint density at radius 2 is 1.82 bits per heavy atom. The monoisotopic (exact) mass is 264 g/mol. The number of halogens is 1. The molecule has 0 radical (unpaired) electrons. The number of rotatable bonds is 2. The van der Waals surface area contributed by atoms with Gasteiger partial charge in [0, 0.05) is 0 Å². The van der Waals surface area contributed by atoms with E-state index in [4.69, 9.17) is 5.11 Å². The first kappa shape index (κ1) is 10.4. The van der Waals surface area contributed by atoms with E-state index in [1.807, 2.05) is 18.2 Å². The van der Waals surface area contributed by atoms with Crippen LogP contribution in [0.1, 0.15) is 5.56 Å². The van der Waals surface area contributed by atoms with Crippen LogP contribution in [0.25, 0.3) is 0 Å². The third-order valence-corrected chi connectivity index (χ3v) is 1.20. The van der Waals surface area contributed by atoms with Crippen molar-refractivity contribution in [3.8, 4) is 0 Å². The molecular weight excluding hydrogens is 255 g/mol. The van der Waals surface area contributed by atoms with Crippen molar-refractivity contribution in [2.45, 2.75) is 6.42 Å². The maximum absolute atomic E-state index is 10.2. The summed E-state index contributed by atoms with van der Waals surface area (Å²) < 4.78 is 0. The smallest absolute Gasteiger partial charge is 0.307 e. The van der Waals surface area contributed by atoms with Crippen molar-refractivity contribution >= 4 is 29.9 Å². The molecule has 1 N–H and O–H groups in total. The third-order valence-electron chi connectivity index (χ3n) is 1.20. The van der Waals surface area contributed by atoms with E-state index in [1.165, 1.54) is 0 Å². The number of hydrogen-bond donors (Lipinski definition) is 1. The van der Waals surface area contributed by atoms with Crippen LogP contribution in [0.4, 0.5) is 0 Å². The number of hydrogen-bond acceptors (Lipinski definition) is 1. The summed E-state index contributed by atoms with van der Waals surface area (Å²) in [4.78, 5) is 10.2. The Balaban J connectivity index is 0.000001000. The SMILES string of the molecule is I.O=C(O)Cc1ccccc1. The summed E-state index contributed by atoms with van der Waals surface area (Å²) in [5.74, 6) is -0.786. The standard InChI is InChI=1S/C8H8O2.HI/c9-8(10)6-7-4-2-1-3-5-7;/h1-5H,6H2,(H,9,10);1H. The molecule has 0 heterocycles. The van der Waals surface area contributed by atoms with Crippen LogP contribution < -0.4 is 0 Å². The Hall–Kier alpha value is -0.580. The minimum atomic E-state index is -0.786. The van der Waals surface area contributed by atoms with E-state index in [0.29, 0.717) is 0 Å². The first-order valence-corrected chi connectivity index (χ1v) is 3.05. The number of carbonyl (C=O) groups is 1. The maximum Gasteiger partial charge on any atom is 0.307 e. The van der Waals surface area contributed by atoms with Gasteiger partial charge >= 0.3 is 5.97 Å². The molecule has 0 atom stereocenters. The van der Waals surface area contributed by atoms with E-state index in [9.17, 15) is 4.79 Å². The van der Waals surface area contributed by atoms with Gasteiger partial charge in [-0.05, 0) is 5.56 Å². The molecule has 0 aliphatic carbocycles. The van der Waals surface area contributed by atoms with E-state index in [2.05, 4.69) is 0 Å². The third kappa shape index (κ3) is 3.98. The second-order valence-corrected chi connectivity index (χ2v) is 2.06. The molecule has 0 amide bonds. The molecule has 60 valence electrons. The number of benzene rings is 1. The van der Waals surface area contributed by atoms with Crippen molar-refractivity contribution in [3.05, 3.63) is 35.9 Å². The van der Waals surface area contributed by atoms with Crippen molar-refractivity contribution in [2.75, 3.05) is 0 Å². The second-order valence-electron chi connectivity index (χ2n) is 2.06. The van der Waals surface area contributed by atoms with Gasteiger partial charge in [0.05, 0.1) is 6.42 Å². The fourth-order valence-electron chi connectivity index (χ4n) is 0.770. The molecule has 0 spiro atoms. The average Bonchev–Trinajstić information content (AvgIpc) is 1.88. The highest BCUT2D eigenvalue weighted by Gasteiger charge is 1.96. The van der Waals surface area contributed by atoms with Gasteiger partial charge in [-0.2, -0.15) is 0 Å². The van der Waals surface area contributed by atoms with Gasteiger partial charge in [-0.3, -0.25) is 4.79 Å². The van der Waals surface area contributed by atoms with Gasteiger partial charge in [-0.1, -0.05) is 30.3 Å². The minimum absolute atomic E-state index is 0. The largest absolute Gasteiger partial charge is 0.481 e. The van der Waals surface area contributed by atoms with E-state index < -0.39 is 5.97 Å². The van der Waals surface area contributed by atoms with Gasteiger partial charge in [-0.25, -0.2) is 0 Å². The van der Waals surface area contributed by atoms with Crippen LogP contribution in [-0.2, 0) is 11.2 Å². The minimum Gasteiger partial charge on any atom is -0.481 e. The fourth-order valence-corrected chi connectivity index (χ4v) is 0.770. The Morgan fingerprint density at radius 3 is 2.27 bits per heavy atom. The van der Waals surface area contributed by atoms with Crippen LogP contribution in [0.3, 0.4) is 0 Å². The van der Waals surface area contributed by atoms with Gasteiger partial charge in [0.2, 0.25) is 0 Å². The zero-order chi connectivity index (χ0) is 7.40. The molecule has 0 unspecified atom stereocenters. The summed E-state index contributed by atoms with van der Waals surface area (Å²) >= 11 is 0. The summed E-state index contributed by atoms with van der Waals surface area (Å²) in [6, 6.07) is 9.13. The van der Waals surface area contributed by atoms with Crippen molar-refractivity contribution in [2.24, 2.45) is 0 Å². The molecule has 11 heavy (non-hydrogen) atoms. The van der Waals surface area contributed by atoms with Crippen LogP contribution in [0.5, 0.6) is 0 Å². The molecular formula is C8H9IO2. The molecule has 0 saturated carbocycles. The van der Waals surface area contributed by atoms with E-state index >= 15 is 0 Å². The molecule has 2 nitrogen and oxygen atoms in total. The quantitative estimate of drug-likeness (QED) is 0.829. The van der Waals surface area contributed by atoms with Crippen LogP contribution >= 0.6 is 24.0 Å². The Morgan fingerprint density at radius 1 is 1.27 bits per heavy atom. The number of carboxylic acid groups (broad SMARTS) is 1. The van der Waals surface area contributed by atoms with Gasteiger partial charge in [0.1, 0.15) is 0 Å². The van der Waals surface area contributed by atoms with Crippen molar-refractivity contribution in [1.82, 2.24) is 0 Å². The van der Waals surface area contributed by atoms with Crippen molar-refractivity contribution < 1.29 is 9.90 Å². The van der Waals surface area contributed by atoms with Crippen LogP contribution in [0, 0.1) is 0 Å². The average molecular weight is 264 g/mol. The van der Waals surface area contributed by atoms with Crippen LogP contribution in [0.2, 0.25) is 0 Å². The lowest BCUT2D eigenvalue weighted by atomic mass is 10.2. The molecule has 0 fully saturated rings. The molecule has 0 bridgehead atoms. The molecule has 1 aromatic carbocycles. The zero-order valence-electron chi connectivity index (χ0n) is 5.86. The Bertz CT molecular complexity index is 221. The van der Waals surface area contributed by atoms with Crippen LogP contribution in [0.15, 0.2) is 30.3 Å². The normalized spacial score (nSPS) is 8.36. The highest BCUT2D eigenvalue weighted by molar-refractivity contribution is 14.0. The van der Waals surface area contributed by atoms with E-state index in [-0.39, 0.29) is 30.4 Å². The summed E-state index contributed by atoms with van der Waals surface area (Å²) in [6.45, 7) is 0. The van der Waals surface area contributed by atoms with Gasteiger partial charge in [0.15, 0.2) is 0 Å². The summed E-state index contributed by atoms with van der Waals surface area (Å²) in [5.41, 5.74) is 0.843. The topological polar surface area (TPSA) is 37.3 Å². The van der Waals surface area contributed by atoms with Gasteiger partial charge in [0.25, 0.3) is 0 Å². The van der Waals surface area contributed by atoms with E-state index in [1.54, 1.807) is 12.1 Å². The zero-order valence-corrected chi connectivity index (χ0v) is 8.19. The van der Waals surface area contributed by atoms with Crippen molar-refractivity contribution in [1.29, 1.82) is 0 Å². The predicted octanol–water partition coefficient (Wildman–Crippen LogP) is 1.93. The molecule has 1 aromatic rings. The van der Waals surface area contributed by atoms with Crippen molar-refractivity contribution in [3.63, 3.8) is 0 Å².